The third kappa shape index (κ3) is 6.42. The molecule has 1 aromatic carbocycles. The van der Waals surface area contributed by atoms with Gasteiger partial charge in [0.2, 0.25) is 5.95 Å². The molecule has 11 heteroatoms. The summed E-state index contributed by atoms with van der Waals surface area (Å²) in [6.07, 6.45) is 3.52. The maximum Gasteiger partial charge on any atom is 0.416 e. The van der Waals surface area contributed by atoms with E-state index >= 15 is 0 Å². The van der Waals surface area contributed by atoms with Crippen molar-refractivity contribution in [2.45, 2.75) is 31.9 Å². The fourth-order valence-corrected chi connectivity index (χ4v) is 4.77. The first kappa shape index (κ1) is 27.2. The van der Waals surface area contributed by atoms with Crippen molar-refractivity contribution < 1.29 is 18.0 Å². The van der Waals surface area contributed by atoms with E-state index in [-0.39, 0.29) is 11.5 Å². The number of benzene rings is 1. The Morgan fingerprint density at radius 2 is 1.93 bits per heavy atom. The molecule has 0 aliphatic carbocycles. The highest BCUT2D eigenvalue weighted by Gasteiger charge is 2.33. The van der Waals surface area contributed by atoms with Crippen LogP contribution in [-0.4, -0.2) is 50.9 Å². The van der Waals surface area contributed by atoms with E-state index in [4.69, 9.17) is 0 Å². The van der Waals surface area contributed by atoms with E-state index in [2.05, 4.69) is 35.5 Å². The summed E-state index contributed by atoms with van der Waals surface area (Å²) in [5, 5.41) is 5.81. The van der Waals surface area contributed by atoms with E-state index < -0.39 is 17.6 Å². The highest BCUT2D eigenvalue weighted by Crippen LogP contribution is 2.35. The number of carbonyl (C=O) groups is 1. The van der Waals surface area contributed by atoms with Gasteiger partial charge in [0.15, 0.2) is 0 Å². The molecule has 0 spiro atoms. The first-order valence-corrected chi connectivity index (χ1v) is 12.8. The zero-order valence-corrected chi connectivity index (χ0v) is 22.0. The molecule has 8 nitrogen and oxygen atoms in total. The average molecular weight is 548 g/mol. The summed E-state index contributed by atoms with van der Waals surface area (Å²) < 4.78 is 41.2. The molecule has 1 unspecified atom stereocenters. The number of hydrogen-bond acceptors (Lipinski definition) is 7. The van der Waals surface area contributed by atoms with Gasteiger partial charge in [-0.3, -0.25) is 14.8 Å². The zero-order chi connectivity index (χ0) is 28.3. The fourth-order valence-electron chi connectivity index (χ4n) is 4.77. The molecule has 40 heavy (non-hydrogen) atoms. The fraction of sp³-hybridized carbons (Fsp3) is 0.276. The SMILES string of the molecule is Cc1ncc(NC(=O)c2cc(C3CCCN(C)C3)cc(C(F)(F)F)c2)cc1Nc1nccc(-c2cccnc2)n1. The van der Waals surface area contributed by atoms with Gasteiger partial charge in [0.05, 0.1) is 34.5 Å². The summed E-state index contributed by atoms with van der Waals surface area (Å²) >= 11 is 0. The molecular weight excluding hydrogens is 519 g/mol. The van der Waals surface area contributed by atoms with E-state index in [0.717, 1.165) is 37.1 Å². The van der Waals surface area contributed by atoms with Crippen molar-refractivity contribution in [3.63, 3.8) is 0 Å². The Labute approximate surface area is 229 Å². The number of rotatable bonds is 6. The van der Waals surface area contributed by atoms with Crippen LogP contribution in [0.1, 0.15) is 45.9 Å². The quantitative estimate of drug-likeness (QED) is 0.303. The maximum absolute atomic E-state index is 13.7. The monoisotopic (exact) mass is 547 g/mol. The number of hydrogen-bond donors (Lipinski definition) is 2. The molecule has 3 aromatic heterocycles. The van der Waals surface area contributed by atoms with Gasteiger partial charge in [-0.15, -0.1) is 0 Å². The van der Waals surface area contributed by atoms with Crippen LogP contribution in [0.5, 0.6) is 0 Å². The molecular formula is C29H28F3N7O. The van der Waals surface area contributed by atoms with Gasteiger partial charge < -0.3 is 15.5 Å². The highest BCUT2D eigenvalue weighted by atomic mass is 19.4. The smallest absolute Gasteiger partial charge is 0.322 e. The number of carbonyl (C=O) groups excluding carboxylic acids is 1. The lowest BCUT2D eigenvalue weighted by atomic mass is 9.88. The summed E-state index contributed by atoms with van der Waals surface area (Å²) in [5.74, 6) is -0.412. The zero-order valence-electron chi connectivity index (χ0n) is 22.0. The van der Waals surface area contributed by atoms with Crippen LogP contribution in [0.3, 0.4) is 0 Å². The van der Waals surface area contributed by atoms with E-state index in [0.29, 0.717) is 40.8 Å². The van der Waals surface area contributed by atoms with E-state index in [1.807, 2.05) is 19.2 Å². The molecule has 206 valence electrons. The van der Waals surface area contributed by atoms with Crippen molar-refractivity contribution in [1.82, 2.24) is 24.8 Å². The molecule has 4 aromatic rings. The average Bonchev–Trinajstić information content (AvgIpc) is 2.95. The standard InChI is InChI=1S/C29H28F3N7O/c1-18-26(38-28-34-9-7-25(37-28)19-5-3-8-33-15-19)14-24(16-35-18)36-27(40)22-11-21(12-23(13-22)29(30,31)32)20-6-4-10-39(2)17-20/h3,5,7-9,11-16,20H,4,6,10,17H2,1-2H3,(H,36,40)(H,34,37,38). The van der Waals surface area contributed by atoms with Gasteiger partial charge >= 0.3 is 6.18 Å². The second kappa shape index (κ2) is 11.4. The first-order valence-electron chi connectivity index (χ1n) is 12.8. The van der Waals surface area contributed by atoms with Crippen molar-refractivity contribution in [3.8, 4) is 11.3 Å². The van der Waals surface area contributed by atoms with Crippen LogP contribution in [0.4, 0.5) is 30.5 Å². The molecule has 4 heterocycles. The minimum Gasteiger partial charge on any atom is -0.322 e. The van der Waals surface area contributed by atoms with Crippen LogP contribution in [-0.2, 0) is 6.18 Å². The second-order valence-corrected chi connectivity index (χ2v) is 9.89. The molecule has 1 fully saturated rings. The number of pyridine rings is 2. The summed E-state index contributed by atoms with van der Waals surface area (Å²) in [4.78, 5) is 32.5. The minimum atomic E-state index is -4.57. The van der Waals surface area contributed by atoms with Crippen LogP contribution in [0, 0.1) is 6.92 Å². The van der Waals surface area contributed by atoms with Crippen LogP contribution < -0.4 is 10.6 Å². The minimum absolute atomic E-state index is 0.0550. The highest BCUT2D eigenvalue weighted by molar-refractivity contribution is 6.04. The molecule has 1 amide bonds. The van der Waals surface area contributed by atoms with Crippen LogP contribution in [0.2, 0.25) is 0 Å². The number of likely N-dealkylation sites (tertiary alicyclic amines) is 1. The Morgan fingerprint density at radius 1 is 1.07 bits per heavy atom. The topological polar surface area (TPSA) is 95.9 Å². The largest absolute Gasteiger partial charge is 0.416 e. The number of piperidine rings is 1. The number of nitrogens with one attached hydrogen (secondary N) is 2. The van der Waals surface area contributed by atoms with Crippen LogP contribution in [0.15, 0.2) is 67.3 Å². The number of aryl methyl sites for hydroxylation is 1. The van der Waals surface area contributed by atoms with Gasteiger partial charge in [-0.2, -0.15) is 13.2 Å². The maximum atomic E-state index is 13.7. The molecule has 1 aliphatic rings. The molecule has 1 atom stereocenters. The third-order valence-corrected chi connectivity index (χ3v) is 6.84. The number of nitrogens with zero attached hydrogens (tertiary/aromatic N) is 5. The number of halogens is 3. The molecule has 0 saturated carbocycles. The van der Waals surface area contributed by atoms with Gasteiger partial charge in [0.1, 0.15) is 0 Å². The number of aromatic nitrogens is 4. The molecule has 0 bridgehead atoms. The predicted molar refractivity (Wildman–Crippen MR) is 146 cm³/mol. The lowest BCUT2D eigenvalue weighted by Crippen LogP contribution is -2.31. The van der Waals surface area contributed by atoms with Gasteiger partial charge in [0.25, 0.3) is 5.91 Å². The summed E-state index contributed by atoms with van der Waals surface area (Å²) in [7, 11) is 1.95. The van der Waals surface area contributed by atoms with E-state index in [9.17, 15) is 18.0 Å². The van der Waals surface area contributed by atoms with Crippen molar-refractivity contribution in [1.29, 1.82) is 0 Å². The number of anilines is 3. The Kier molecular flexibility index (Phi) is 7.74. The Balaban J connectivity index is 1.38. The molecule has 1 saturated heterocycles. The van der Waals surface area contributed by atoms with Crippen LogP contribution >= 0.6 is 0 Å². The number of alkyl halides is 3. The molecule has 2 N–H and O–H groups in total. The van der Waals surface area contributed by atoms with Crippen molar-refractivity contribution in [2.75, 3.05) is 30.8 Å². The van der Waals surface area contributed by atoms with E-state index in [1.165, 1.54) is 6.20 Å². The molecule has 5 rings (SSSR count). The second-order valence-electron chi connectivity index (χ2n) is 9.89. The normalized spacial score (nSPS) is 16.0. The first-order chi connectivity index (χ1) is 19.2. The van der Waals surface area contributed by atoms with Gasteiger partial charge in [-0.25, -0.2) is 9.97 Å². The number of likely N-dealkylation sites (N-methyl/N-ethyl adjacent to an activating group) is 1. The predicted octanol–water partition coefficient (Wildman–Crippen LogP) is 6.07. The van der Waals surface area contributed by atoms with Crippen molar-refractivity contribution in [2.24, 2.45) is 0 Å². The summed E-state index contributed by atoms with van der Waals surface area (Å²) in [6, 6.07) is 10.7. The Morgan fingerprint density at radius 3 is 2.67 bits per heavy atom. The van der Waals surface area contributed by atoms with Crippen molar-refractivity contribution >= 4 is 23.2 Å². The van der Waals surface area contributed by atoms with Gasteiger partial charge in [0, 0.05) is 36.3 Å². The summed E-state index contributed by atoms with van der Waals surface area (Å²) in [6.45, 7) is 3.32. The Bertz CT molecular complexity index is 1510. The molecule has 1 aliphatic heterocycles. The van der Waals surface area contributed by atoms with Gasteiger partial charge in [-0.05, 0) is 87.3 Å². The van der Waals surface area contributed by atoms with Gasteiger partial charge in [-0.1, -0.05) is 0 Å². The lowest BCUT2D eigenvalue weighted by Gasteiger charge is -2.30. The van der Waals surface area contributed by atoms with Crippen molar-refractivity contribution in [3.05, 3.63) is 89.6 Å². The third-order valence-electron chi connectivity index (χ3n) is 6.84. The number of amides is 1. The van der Waals surface area contributed by atoms with Crippen LogP contribution in [0.25, 0.3) is 11.3 Å². The Hall–Kier alpha value is -4.38. The molecule has 0 radical (unpaired) electrons. The van der Waals surface area contributed by atoms with E-state index in [1.54, 1.807) is 43.7 Å². The summed E-state index contributed by atoms with van der Waals surface area (Å²) in [5.41, 5.74) is 2.60. The lowest BCUT2D eigenvalue weighted by molar-refractivity contribution is -0.137.